The largest absolute Gasteiger partial charge is 0.449 e. The van der Waals surface area contributed by atoms with Crippen LogP contribution in [-0.4, -0.2) is 22.6 Å². The molecule has 0 saturated carbocycles. The van der Waals surface area contributed by atoms with Crippen molar-refractivity contribution in [1.82, 2.24) is 9.55 Å². The van der Waals surface area contributed by atoms with Crippen molar-refractivity contribution in [2.75, 3.05) is 18.0 Å². The molecule has 0 unspecified atom stereocenters. The summed E-state index contributed by atoms with van der Waals surface area (Å²) in [7, 11) is 0. The van der Waals surface area contributed by atoms with Gasteiger partial charge in [0.15, 0.2) is 0 Å². The first kappa shape index (κ1) is 18.2. The quantitative estimate of drug-likeness (QED) is 0.565. The maximum atomic E-state index is 13.7. The Morgan fingerprint density at radius 2 is 1.74 bits per heavy atom. The monoisotopic (exact) mass is 393 g/mol. The molecule has 0 aliphatic carbocycles. The second-order valence-corrected chi connectivity index (χ2v) is 7.28. The number of halogens is 4. The molecule has 3 nitrogen and oxygen atoms in total. The highest BCUT2D eigenvalue weighted by molar-refractivity contribution is 6.30. The van der Waals surface area contributed by atoms with Crippen molar-refractivity contribution >= 4 is 28.3 Å². The van der Waals surface area contributed by atoms with Gasteiger partial charge in [0.05, 0.1) is 11.2 Å². The number of hydrogen-bond donors (Lipinski definition) is 0. The Balaban J connectivity index is 1.85. The van der Waals surface area contributed by atoms with Crippen molar-refractivity contribution in [2.24, 2.45) is 0 Å². The van der Waals surface area contributed by atoms with Gasteiger partial charge in [-0.2, -0.15) is 13.2 Å². The standard InChI is InChI=1S/C20H19ClF3N3/c21-15-7-4-6-14(12-15)13-27-17-9-5-8-16(26-10-2-1-3-11-26)18(17)25-19(27)20(22,23)24/h4-9,12H,1-3,10-11,13H2. The Labute approximate surface area is 160 Å². The van der Waals surface area contributed by atoms with Crippen LogP contribution in [0.15, 0.2) is 42.5 Å². The first-order valence-electron chi connectivity index (χ1n) is 8.99. The van der Waals surface area contributed by atoms with E-state index in [9.17, 15) is 13.2 Å². The molecule has 1 aromatic heterocycles. The summed E-state index contributed by atoms with van der Waals surface area (Å²) in [5.74, 6) is -0.873. The highest BCUT2D eigenvalue weighted by Crippen LogP contribution is 2.36. The average Bonchev–Trinajstić information content (AvgIpc) is 3.01. The number of nitrogens with zero attached hydrogens (tertiary/aromatic N) is 3. The molecule has 1 aliphatic rings. The SMILES string of the molecule is FC(F)(F)c1nc2c(N3CCCCC3)cccc2n1Cc1cccc(Cl)c1. The van der Waals surface area contributed by atoms with Gasteiger partial charge >= 0.3 is 6.18 Å². The second kappa shape index (κ2) is 7.08. The zero-order valence-electron chi connectivity index (χ0n) is 14.6. The lowest BCUT2D eigenvalue weighted by atomic mass is 10.1. The zero-order valence-corrected chi connectivity index (χ0v) is 15.4. The van der Waals surface area contributed by atoms with Crippen molar-refractivity contribution < 1.29 is 13.2 Å². The van der Waals surface area contributed by atoms with Crippen molar-refractivity contribution in [1.29, 1.82) is 0 Å². The maximum absolute atomic E-state index is 13.7. The third kappa shape index (κ3) is 3.63. The van der Waals surface area contributed by atoms with Gasteiger partial charge in [-0.05, 0) is 49.1 Å². The minimum absolute atomic E-state index is 0.0648. The van der Waals surface area contributed by atoms with E-state index in [1.54, 1.807) is 30.3 Å². The number of benzene rings is 2. The van der Waals surface area contributed by atoms with Gasteiger partial charge in [-0.25, -0.2) is 4.98 Å². The summed E-state index contributed by atoms with van der Waals surface area (Å²) < 4.78 is 42.4. The van der Waals surface area contributed by atoms with Crippen LogP contribution in [0.2, 0.25) is 5.02 Å². The van der Waals surface area contributed by atoms with E-state index in [-0.39, 0.29) is 6.54 Å². The number of hydrogen-bond acceptors (Lipinski definition) is 2. The molecular weight excluding hydrogens is 375 g/mol. The van der Waals surface area contributed by atoms with E-state index in [4.69, 9.17) is 11.6 Å². The van der Waals surface area contributed by atoms with Gasteiger partial charge in [-0.3, -0.25) is 0 Å². The molecule has 0 atom stereocenters. The van der Waals surface area contributed by atoms with Crippen LogP contribution in [0.5, 0.6) is 0 Å². The molecule has 0 amide bonds. The number of aromatic nitrogens is 2. The molecule has 1 aliphatic heterocycles. The van der Waals surface area contributed by atoms with Gasteiger partial charge in [0.2, 0.25) is 5.82 Å². The first-order valence-corrected chi connectivity index (χ1v) is 9.37. The van der Waals surface area contributed by atoms with Crippen LogP contribution in [-0.2, 0) is 12.7 Å². The molecule has 27 heavy (non-hydrogen) atoms. The van der Waals surface area contributed by atoms with Gasteiger partial charge < -0.3 is 9.47 Å². The van der Waals surface area contributed by atoms with Gasteiger partial charge in [-0.15, -0.1) is 0 Å². The molecule has 0 radical (unpaired) electrons. The summed E-state index contributed by atoms with van der Waals surface area (Å²) >= 11 is 6.01. The number of anilines is 1. The topological polar surface area (TPSA) is 21.1 Å². The Bertz CT molecular complexity index is 959. The van der Waals surface area contributed by atoms with Crippen LogP contribution in [0.4, 0.5) is 18.9 Å². The van der Waals surface area contributed by atoms with Gasteiger partial charge in [0.1, 0.15) is 5.52 Å². The lowest BCUT2D eigenvalue weighted by molar-refractivity contribution is -0.146. The Kier molecular flexibility index (Phi) is 4.76. The molecule has 0 spiro atoms. The summed E-state index contributed by atoms with van der Waals surface area (Å²) in [5.41, 5.74) is 2.39. The van der Waals surface area contributed by atoms with E-state index in [1.807, 2.05) is 12.1 Å². The molecule has 4 rings (SSSR count). The van der Waals surface area contributed by atoms with Crippen LogP contribution in [0.25, 0.3) is 11.0 Å². The number of para-hydroxylation sites is 1. The van der Waals surface area contributed by atoms with E-state index >= 15 is 0 Å². The summed E-state index contributed by atoms with van der Waals surface area (Å²) in [4.78, 5) is 6.18. The fourth-order valence-corrected chi connectivity index (χ4v) is 3.93. The second-order valence-electron chi connectivity index (χ2n) is 6.84. The summed E-state index contributed by atoms with van der Waals surface area (Å²) in [6.07, 6.45) is -1.28. The minimum atomic E-state index is -4.53. The third-order valence-corrected chi connectivity index (χ3v) is 5.17. The molecule has 2 aromatic carbocycles. The van der Waals surface area contributed by atoms with Crippen molar-refractivity contribution in [3.8, 4) is 0 Å². The van der Waals surface area contributed by atoms with Crippen molar-refractivity contribution in [3.63, 3.8) is 0 Å². The highest BCUT2D eigenvalue weighted by atomic mass is 35.5. The van der Waals surface area contributed by atoms with E-state index in [0.717, 1.165) is 38.0 Å². The minimum Gasteiger partial charge on any atom is -0.370 e. The van der Waals surface area contributed by atoms with Crippen LogP contribution in [0.3, 0.4) is 0 Å². The number of fused-ring (bicyclic) bond motifs is 1. The average molecular weight is 394 g/mol. The number of alkyl halides is 3. The van der Waals surface area contributed by atoms with E-state index in [1.165, 1.54) is 4.57 Å². The van der Waals surface area contributed by atoms with E-state index in [2.05, 4.69) is 9.88 Å². The predicted octanol–water partition coefficient (Wildman–Crippen LogP) is 5.75. The normalized spacial score (nSPS) is 15.5. The molecule has 1 fully saturated rings. The Morgan fingerprint density at radius 3 is 2.44 bits per heavy atom. The van der Waals surface area contributed by atoms with Crippen LogP contribution in [0.1, 0.15) is 30.7 Å². The summed E-state index contributed by atoms with van der Waals surface area (Å²) in [6, 6.07) is 12.3. The Hall–Kier alpha value is -2.21. The molecule has 7 heteroatoms. The molecular formula is C20H19ClF3N3. The van der Waals surface area contributed by atoms with E-state index in [0.29, 0.717) is 21.6 Å². The van der Waals surface area contributed by atoms with Crippen LogP contribution < -0.4 is 4.90 Å². The molecule has 142 valence electrons. The highest BCUT2D eigenvalue weighted by Gasteiger charge is 2.38. The third-order valence-electron chi connectivity index (χ3n) is 4.94. The van der Waals surface area contributed by atoms with Gasteiger partial charge in [0.25, 0.3) is 0 Å². The Morgan fingerprint density at radius 1 is 1.00 bits per heavy atom. The van der Waals surface area contributed by atoms with Crippen LogP contribution in [0, 0.1) is 0 Å². The zero-order chi connectivity index (χ0) is 19.0. The molecule has 0 bridgehead atoms. The molecule has 3 aromatic rings. The van der Waals surface area contributed by atoms with Crippen molar-refractivity contribution in [2.45, 2.75) is 32.0 Å². The molecule has 2 heterocycles. The smallest absolute Gasteiger partial charge is 0.370 e. The number of piperidine rings is 1. The van der Waals surface area contributed by atoms with Crippen LogP contribution >= 0.6 is 11.6 Å². The van der Waals surface area contributed by atoms with E-state index < -0.39 is 12.0 Å². The molecule has 0 N–H and O–H groups in total. The maximum Gasteiger partial charge on any atom is 0.449 e. The first-order chi connectivity index (χ1) is 12.9. The van der Waals surface area contributed by atoms with Gasteiger partial charge in [-0.1, -0.05) is 29.8 Å². The lowest BCUT2D eigenvalue weighted by Gasteiger charge is -2.28. The summed E-state index contributed by atoms with van der Waals surface area (Å²) in [5, 5.41) is 0.500. The number of rotatable bonds is 3. The van der Waals surface area contributed by atoms with Crippen molar-refractivity contribution in [3.05, 3.63) is 58.9 Å². The van der Waals surface area contributed by atoms with Gasteiger partial charge in [0, 0.05) is 24.7 Å². The number of imidazole rings is 1. The molecule has 1 saturated heterocycles. The fraction of sp³-hybridized carbons (Fsp3) is 0.350. The summed E-state index contributed by atoms with van der Waals surface area (Å²) in [6.45, 7) is 1.76. The predicted molar refractivity (Wildman–Crippen MR) is 101 cm³/mol. The fourth-order valence-electron chi connectivity index (χ4n) is 3.72. The lowest BCUT2D eigenvalue weighted by Crippen LogP contribution is -2.29.